The van der Waals surface area contributed by atoms with Gasteiger partial charge in [-0.2, -0.15) is 0 Å². The maximum absolute atomic E-state index is 11.0. The Morgan fingerprint density at radius 3 is 3.12 bits per heavy atom. The van der Waals surface area contributed by atoms with Crippen LogP contribution in [-0.2, 0) is 24.2 Å². The number of nitrogens with one attached hydrogen (secondary N) is 1. The van der Waals surface area contributed by atoms with Crippen LogP contribution in [0.15, 0.2) is 12.7 Å². The zero-order valence-corrected chi connectivity index (χ0v) is 9.28. The van der Waals surface area contributed by atoms with Crippen molar-refractivity contribution in [2.24, 2.45) is 0 Å². The van der Waals surface area contributed by atoms with E-state index in [4.69, 9.17) is 0 Å². The summed E-state index contributed by atoms with van der Waals surface area (Å²) >= 11 is 0. The van der Waals surface area contributed by atoms with Crippen LogP contribution in [0, 0.1) is 0 Å². The van der Waals surface area contributed by atoms with Crippen LogP contribution in [0.4, 0.5) is 0 Å². The number of hydrogen-bond acceptors (Lipinski definition) is 3. The van der Waals surface area contributed by atoms with Crippen molar-refractivity contribution in [3.05, 3.63) is 24.0 Å². The first-order chi connectivity index (χ1) is 7.81. The van der Waals surface area contributed by atoms with E-state index in [2.05, 4.69) is 22.2 Å². The van der Waals surface area contributed by atoms with Gasteiger partial charge >= 0.3 is 0 Å². The molecule has 16 heavy (non-hydrogen) atoms. The molecule has 0 radical (unpaired) electrons. The predicted octanol–water partition coefficient (Wildman–Crippen LogP) is 0.459. The molecular formula is C11H16N4O. The molecule has 0 bridgehead atoms. The molecule has 86 valence electrons. The normalized spacial score (nSPS) is 14.2. The number of nitrogens with zero attached hydrogens (tertiary/aromatic N) is 3. The van der Waals surface area contributed by atoms with Crippen LogP contribution in [0.25, 0.3) is 0 Å². The van der Waals surface area contributed by atoms with E-state index in [0.29, 0.717) is 13.1 Å². The third-order valence-electron chi connectivity index (χ3n) is 2.80. The summed E-state index contributed by atoms with van der Waals surface area (Å²) in [5.74, 6) is -0.144. The largest absolute Gasteiger partial charge is 0.351 e. The van der Waals surface area contributed by atoms with E-state index in [9.17, 15) is 4.79 Å². The molecule has 1 N–H and O–H groups in total. The van der Waals surface area contributed by atoms with Crippen molar-refractivity contribution in [3.8, 4) is 0 Å². The topological polar surface area (TPSA) is 59.8 Å². The molecule has 0 aliphatic heterocycles. The fraction of sp³-hybridized carbons (Fsp3) is 0.545. The minimum absolute atomic E-state index is 0.144. The number of aryl methyl sites for hydroxylation is 1. The molecule has 0 fully saturated rings. The van der Waals surface area contributed by atoms with Gasteiger partial charge in [-0.3, -0.25) is 4.79 Å². The number of aromatic nitrogens is 3. The van der Waals surface area contributed by atoms with Crippen molar-refractivity contribution in [1.29, 1.82) is 0 Å². The molecule has 1 aliphatic carbocycles. The lowest BCUT2D eigenvalue weighted by atomic mass is 10.0. The molecule has 0 saturated carbocycles. The Morgan fingerprint density at radius 1 is 1.50 bits per heavy atom. The van der Waals surface area contributed by atoms with E-state index in [1.54, 1.807) is 0 Å². The highest BCUT2D eigenvalue weighted by atomic mass is 16.1. The van der Waals surface area contributed by atoms with Crippen LogP contribution in [0.2, 0.25) is 0 Å². The molecule has 1 amide bonds. The maximum atomic E-state index is 11.0. The fourth-order valence-corrected chi connectivity index (χ4v) is 1.96. The summed E-state index contributed by atoms with van der Waals surface area (Å²) in [6.07, 6.45) is 5.78. The monoisotopic (exact) mass is 220 g/mol. The summed E-state index contributed by atoms with van der Waals surface area (Å²) < 4.78 is 1.90. The molecule has 1 heterocycles. The Balaban J connectivity index is 1.92. The molecule has 0 atom stereocenters. The number of carbonyl (C=O) groups is 1. The van der Waals surface area contributed by atoms with E-state index >= 15 is 0 Å². The van der Waals surface area contributed by atoms with Crippen molar-refractivity contribution in [3.63, 3.8) is 0 Å². The van der Waals surface area contributed by atoms with Gasteiger partial charge in [-0.05, 0) is 31.8 Å². The highest BCUT2D eigenvalue weighted by Gasteiger charge is 2.16. The molecule has 0 spiro atoms. The van der Waals surface area contributed by atoms with Crippen LogP contribution in [-0.4, -0.2) is 27.4 Å². The Morgan fingerprint density at radius 2 is 2.31 bits per heavy atom. The molecule has 2 rings (SSSR count). The average molecular weight is 220 g/mol. The summed E-state index contributed by atoms with van der Waals surface area (Å²) in [4.78, 5) is 11.0. The number of fused-ring (bicyclic) bond motifs is 1. The first-order valence-corrected chi connectivity index (χ1v) is 5.63. The third-order valence-corrected chi connectivity index (χ3v) is 2.80. The van der Waals surface area contributed by atoms with Crippen LogP contribution < -0.4 is 5.32 Å². The van der Waals surface area contributed by atoms with E-state index < -0.39 is 0 Å². The summed E-state index contributed by atoms with van der Waals surface area (Å²) in [5.41, 5.74) is 2.36. The summed E-state index contributed by atoms with van der Waals surface area (Å²) in [6.45, 7) is 4.65. The number of carbonyl (C=O) groups excluding carboxylic acids is 1. The van der Waals surface area contributed by atoms with Gasteiger partial charge in [-0.15, -0.1) is 5.10 Å². The highest BCUT2D eigenvalue weighted by Crippen LogP contribution is 2.17. The van der Waals surface area contributed by atoms with Crippen LogP contribution in [0.3, 0.4) is 0 Å². The lowest BCUT2D eigenvalue weighted by Crippen LogP contribution is -2.26. The lowest BCUT2D eigenvalue weighted by Gasteiger charge is -2.11. The van der Waals surface area contributed by atoms with Gasteiger partial charge in [0.1, 0.15) is 0 Å². The second-order valence-electron chi connectivity index (χ2n) is 3.91. The third kappa shape index (κ3) is 2.29. The molecule has 0 aromatic carbocycles. The van der Waals surface area contributed by atoms with Crippen LogP contribution in [0.5, 0.6) is 0 Å². The zero-order chi connectivity index (χ0) is 11.4. The van der Waals surface area contributed by atoms with Crippen molar-refractivity contribution >= 4 is 5.91 Å². The Bertz CT molecular complexity index is 397. The van der Waals surface area contributed by atoms with Gasteiger partial charge < -0.3 is 5.32 Å². The second-order valence-corrected chi connectivity index (χ2v) is 3.91. The van der Waals surface area contributed by atoms with Gasteiger partial charge in [0, 0.05) is 6.54 Å². The van der Waals surface area contributed by atoms with Gasteiger partial charge in [0.2, 0.25) is 5.91 Å². The highest BCUT2D eigenvalue weighted by molar-refractivity contribution is 5.86. The van der Waals surface area contributed by atoms with Crippen LogP contribution in [0.1, 0.15) is 24.2 Å². The lowest BCUT2D eigenvalue weighted by molar-refractivity contribution is -0.116. The number of hydrogen-bond donors (Lipinski definition) is 1. The van der Waals surface area contributed by atoms with Crippen molar-refractivity contribution in [2.75, 3.05) is 6.54 Å². The minimum atomic E-state index is -0.144. The Labute approximate surface area is 94.5 Å². The van der Waals surface area contributed by atoms with E-state index in [1.807, 2.05) is 4.68 Å². The fourth-order valence-electron chi connectivity index (χ4n) is 1.96. The van der Waals surface area contributed by atoms with E-state index in [-0.39, 0.29) is 5.91 Å². The van der Waals surface area contributed by atoms with E-state index in [1.165, 1.54) is 24.6 Å². The Hall–Kier alpha value is -1.65. The zero-order valence-electron chi connectivity index (χ0n) is 9.28. The first-order valence-electron chi connectivity index (χ1n) is 5.63. The van der Waals surface area contributed by atoms with Gasteiger partial charge in [0.05, 0.1) is 17.9 Å². The maximum Gasteiger partial charge on any atom is 0.243 e. The quantitative estimate of drug-likeness (QED) is 0.750. The average Bonchev–Trinajstić information content (AvgIpc) is 2.73. The minimum Gasteiger partial charge on any atom is -0.351 e. The van der Waals surface area contributed by atoms with Gasteiger partial charge in [0.25, 0.3) is 0 Å². The molecule has 1 aromatic heterocycles. The summed E-state index contributed by atoms with van der Waals surface area (Å²) in [7, 11) is 0. The van der Waals surface area contributed by atoms with Gasteiger partial charge in [-0.25, -0.2) is 4.68 Å². The summed E-state index contributed by atoms with van der Waals surface area (Å²) in [5, 5.41) is 11.0. The predicted molar refractivity (Wildman–Crippen MR) is 59.9 cm³/mol. The first kappa shape index (κ1) is 10.9. The molecule has 0 saturated heterocycles. The molecule has 1 aliphatic rings. The number of rotatable bonds is 4. The molecule has 0 unspecified atom stereocenters. The molecule has 5 heteroatoms. The standard InChI is InChI=1S/C11H16N4O/c1-2-11(16)12-7-8-15-10-6-4-3-5-9(10)13-14-15/h2H,1,3-8H2,(H,12,16). The van der Waals surface area contributed by atoms with Crippen molar-refractivity contribution in [2.45, 2.75) is 32.2 Å². The molecule has 5 nitrogen and oxygen atoms in total. The second kappa shape index (κ2) is 4.92. The van der Waals surface area contributed by atoms with Crippen molar-refractivity contribution < 1.29 is 4.79 Å². The summed E-state index contributed by atoms with van der Waals surface area (Å²) in [6, 6.07) is 0. The number of amides is 1. The van der Waals surface area contributed by atoms with Crippen molar-refractivity contribution in [1.82, 2.24) is 20.3 Å². The van der Waals surface area contributed by atoms with Gasteiger partial charge in [-0.1, -0.05) is 11.8 Å². The van der Waals surface area contributed by atoms with Crippen LogP contribution >= 0.6 is 0 Å². The Kier molecular flexibility index (Phi) is 3.34. The van der Waals surface area contributed by atoms with E-state index in [0.717, 1.165) is 18.5 Å². The smallest absolute Gasteiger partial charge is 0.243 e. The van der Waals surface area contributed by atoms with Gasteiger partial charge in [0.15, 0.2) is 0 Å². The molecular weight excluding hydrogens is 204 g/mol. The SMILES string of the molecule is C=CC(=O)NCCn1nnc2c1CCCC2. The molecule has 1 aromatic rings.